The molecule has 0 saturated heterocycles. The number of benzene rings is 1. The molecule has 0 spiro atoms. The molecule has 0 aliphatic carbocycles. The highest BCUT2D eigenvalue weighted by atomic mass is 16.5. The summed E-state index contributed by atoms with van der Waals surface area (Å²) in [5.41, 5.74) is 7.31. The summed E-state index contributed by atoms with van der Waals surface area (Å²) in [6, 6.07) is 8.19. The Morgan fingerprint density at radius 2 is 1.82 bits per heavy atom. The van der Waals surface area contributed by atoms with Gasteiger partial charge >= 0.3 is 0 Å². The zero-order valence-electron chi connectivity index (χ0n) is 11.5. The maximum Gasteiger partial charge on any atom is 0.119 e. The van der Waals surface area contributed by atoms with Crippen molar-refractivity contribution in [1.82, 2.24) is 0 Å². The fourth-order valence-corrected chi connectivity index (χ4v) is 1.84. The van der Waals surface area contributed by atoms with E-state index in [9.17, 15) is 0 Å². The molecule has 0 bridgehead atoms. The Hall–Kier alpha value is -1.02. The van der Waals surface area contributed by atoms with Crippen LogP contribution in [0.1, 0.15) is 46.1 Å². The minimum absolute atomic E-state index is 0.266. The maximum atomic E-state index is 6.40. The number of nitrogens with two attached hydrogens (primary N) is 1. The molecule has 0 saturated carbocycles. The van der Waals surface area contributed by atoms with E-state index < -0.39 is 0 Å². The second kappa shape index (κ2) is 6.06. The first-order chi connectivity index (χ1) is 8.02. The largest absolute Gasteiger partial charge is 0.494 e. The van der Waals surface area contributed by atoms with Gasteiger partial charge in [-0.2, -0.15) is 0 Å². The van der Waals surface area contributed by atoms with Crippen molar-refractivity contribution in [1.29, 1.82) is 0 Å². The number of hydrogen-bond acceptors (Lipinski definition) is 2. The highest BCUT2D eigenvalue weighted by molar-refractivity contribution is 5.31. The van der Waals surface area contributed by atoms with Gasteiger partial charge in [0.1, 0.15) is 5.75 Å². The molecule has 0 radical (unpaired) electrons. The van der Waals surface area contributed by atoms with Crippen molar-refractivity contribution < 1.29 is 4.74 Å². The number of hydrogen-bond donors (Lipinski definition) is 1. The average molecular weight is 235 g/mol. The standard InChI is InChI=1S/C15H25NO/c1-5-11-17-14-9-7-13(8-10-14)15(4,16)12(3)6-2/h7-10,12H,5-6,11,16H2,1-4H3. The van der Waals surface area contributed by atoms with Gasteiger partial charge in [0.05, 0.1) is 6.61 Å². The summed E-state index contributed by atoms with van der Waals surface area (Å²) < 4.78 is 5.57. The van der Waals surface area contributed by atoms with Crippen LogP contribution in [-0.2, 0) is 5.54 Å². The first-order valence-corrected chi connectivity index (χ1v) is 6.54. The first kappa shape index (κ1) is 14.0. The van der Waals surface area contributed by atoms with Crippen LogP contribution in [-0.4, -0.2) is 6.61 Å². The van der Waals surface area contributed by atoms with Crippen LogP contribution in [0.15, 0.2) is 24.3 Å². The van der Waals surface area contributed by atoms with Crippen molar-refractivity contribution in [3.63, 3.8) is 0 Å². The van der Waals surface area contributed by atoms with E-state index in [-0.39, 0.29) is 5.54 Å². The molecule has 2 N–H and O–H groups in total. The van der Waals surface area contributed by atoms with Gasteiger partial charge in [-0.05, 0) is 37.0 Å². The zero-order chi connectivity index (χ0) is 12.9. The van der Waals surface area contributed by atoms with E-state index in [4.69, 9.17) is 10.5 Å². The summed E-state index contributed by atoms with van der Waals surface area (Å²) in [5.74, 6) is 1.39. The van der Waals surface area contributed by atoms with E-state index in [0.717, 1.165) is 25.2 Å². The average Bonchev–Trinajstić information content (AvgIpc) is 2.35. The Morgan fingerprint density at radius 1 is 1.24 bits per heavy atom. The van der Waals surface area contributed by atoms with Crippen LogP contribution in [0, 0.1) is 5.92 Å². The molecule has 1 rings (SSSR count). The van der Waals surface area contributed by atoms with Gasteiger partial charge in [-0.1, -0.05) is 39.3 Å². The molecule has 2 unspecified atom stereocenters. The second-order valence-corrected chi connectivity index (χ2v) is 4.96. The van der Waals surface area contributed by atoms with Gasteiger partial charge in [-0.15, -0.1) is 0 Å². The first-order valence-electron chi connectivity index (χ1n) is 6.54. The van der Waals surface area contributed by atoms with Crippen molar-refractivity contribution in [2.24, 2.45) is 11.7 Å². The third kappa shape index (κ3) is 3.47. The Morgan fingerprint density at radius 3 is 2.29 bits per heavy atom. The molecule has 2 atom stereocenters. The maximum absolute atomic E-state index is 6.40. The van der Waals surface area contributed by atoms with E-state index in [2.05, 4.69) is 39.8 Å². The molecule has 0 heterocycles. The van der Waals surface area contributed by atoms with Gasteiger partial charge in [0.25, 0.3) is 0 Å². The molecule has 1 aromatic rings. The zero-order valence-corrected chi connectivity index (χ0v) is 11.5. The molecular weight excluding hydrogens is 210 g/mol. The summed E-state index contributed by atoms with van der Waals surface area (Å²) in [6.07, 6.45) is 2.12. The van der Waals surface area contributed by atoms with E-state index in [1.54, 1.807) is 0 Å². The van der Waals surface area contributed by atoms with Gasteiger partial charge in [0, 0.05) is 5.54 Å². The predicted molar refractivity (Wildman–Crippen MR) is 73.2 cm³/mol. The Kier molecular flexibility index (Phi) is 5.01. The molecule has 96 valence electrons. The lowest BCUT2D eigenvalue weighted by atomic mass is 9.80. The number of ether oxygens (including phenoxy) is 1. The normalized spacial score (nSPS) is 16.3. The van der Waals surface area contributed by atoms with Crippen molar-refractivity contribution in [2.45, 2.75) is 46.1 Å². The molecular formula is C15H25NO. The van der Waals surface area contributed by atoms with Crippen LogP contribution in [0.25, 0.3) is 0 Å². The van der Waals surface area contributed by atoms with Gasteiger partial charge in [-0.3, -0.25) is 0 Å². The van der Waals surface area contributed by atoms with Gasteiger partial charge in [-0.25, -0.2) is 0 Å². The third-order valence-corrected chi connectivity index (χ3v) is 3.59. The van der Waals surface area contributed by atoms with Crippen LogP contribution < -0.4 is 10.5 Å². The van der Waals surface area contributed by atoms with Crippen molar-refractivity contribution in [3.8, 4) is 5.75 Å². The highest BCUT2D eigenvalue weighted by Gasteiger charge is 2.27. The van der Waals surface area contributed by atoms with Gasteiger partial charge in [0.2, 0.25) is 0 Å². The summed E-state index contributed by atoms with van der Waals surface area (Å²) in [7, 11) is 0. The Balaban J connectivity index is 2.79. The Bertz CT molecular complexity index is 329. The molecule has 0 aromatic heterocycles. The van der Waals surface area contributed by atoms with Crippen LogP contribution in [0.2, 0.25) is 0 Å². The minimum Gasteiger partial charge on any atom is -0.494 e. The summed E-state index contributed by atoms with van der Waals surface area (Å²) in [4.78, 5) is 0. The SMILES string of the molecule is CCCOc1ccc(C(C)(N)C(C)CC)cc1. The smallest absolute Gasteiger partial charge is 0.119 e. The lowest BCUT2D eigenvalue weighted by Gasteiger charge is -2.31. The predicted octanol–water partition coefficient (Wildman–Crippen LogP) is 3.70. The van der Waals surface area contributed by atoms with Gasteiger partial charge < -0.3 is 10.5 Å². The highest BCUT2D eigenvalue weighted by Crippen LogP contribution is 2.29. The summed E-state index contributed by atoms with van der Waals surface area (Å²) in [6.45, 7) is 9.35. The monoisotopic (exact) mass is 235 g/mol. The summed E-state index contributed by atoms with van der Waals surface area (Å²) >= 11 is 0. The molecule has 2 heteroatoms. The quantitative estimate of drug-likeness (QED) is 0.816. The molecule has 17 heavy (non-hydrogen) atoms. The second-order valence-electron chi connectivity index (χ2n) is 4.96. The minimum atomic E-state index is -0.266. The van der Waals surface area contributed by atoms with Crippen molar-refractivity contribution >= 4 is 0 Å². The van der Waals surface area contributed by atoms with Crippen LogP contribution in [0.4, 0.5) is 0 Å². The van der Waals surface area contributed by atoms with E-state index >= 15 is 0 Å². The fraction of sp³-hybridized carbons (Fsp3) is 0.600. The van der Waals surface area contributed by atoms with E-state index in [0.29, 0.717) is 5.92 Å². The van der Waals surface area contributed by atoms with Crippen molar-refractivity contribution in [2.75, 3.05) is 6.61 Å². The molecule has 0 fully saturated rings. The molecule has 2 nitrogen and oxygen atoms in total. The molecule has 0 aliphatic heterocycles. The van der Waals surface area contributed by atoms with Crippen LogP contribution in [0.3, 0.4) is 0 Å². The fourth-order valence-electron chi connectivity index (χ4n) is 1.84. The summed E-state index contributed by atoms with van der Waals surface area (Å²) in [5, 5.41) is 0. The van der Waals surface area contributed by atoms with E-state index in [1.807, 2.05) is 12.1 Å². The number of rotatable bonds is 6. The lowest BCUT2D eigenvalue weighted by Crippen LogP contribution is -2.39. The van der Waals surface area contributed by atoms with Crippen LogP contribution >= 0.6 is 0 Å². The topological polar surface area (TPSA) is 35.2 Å². The molecule has 0 aliphatic rings. The molecule has 0 amide bonds. The third-order valence-electron chi connectivity index (χ3n) is 3.59. The van der Waals surface area contributed by atoms with E-state index in [1.165, 1.54) is 5.56 Å². The van der Waals surface area contributed by atoms with Gasteiger partial charge in [0.15, 0.2) is 0 Å². The van der Waals surface area contributed by atoms with Crippen molar-refractivity contribution in [3.05, 3.63) is 29.8 Å². The Labute approximate surface area is 105 Å². The lowest BCUT2D eigenvalue weighted by molar-refractivity contribution is 0.310. The van der Waals surface area contributed by atoms with Crippen LogP contribution in [0.5, 0.6) is 5.75 Å². The molecule has 1 aromatic carbocycles.